The summed E-state index contributed by atoms with van der Waals surface area (Å²) in [5, 5.41) is 18.6. The fourth-order valence-electron chi connectivity index (χ4n) is 5.97. The lowest BCUT2D eigenvalue weighted by Crippen LogP contribution is -2.61. The van der Waals surface area contributed by atoms with Gasteiger partial charge in [0.15, 0.2) is 0 Å². The minimum atomic E-state index is -0.481. The lowest BCUT2D eigenvalue weighted by atomic mass is 9.52. The molecule has 6 heteroatoms. The van der Waals surface area contributed by atoms with E-state index in [4.69, 9.17) is 4.74 Å². The summed E-state index contributed by atoms with van der Waals surface area (Å²) >= 11 is 0. The molecule has 1 aromatic heterocycles. The molecule has 1 heterocycles. The molecule has 0 radical (unpaired) electrons. The zero-order valence-electron chi connectivity index (χ0n) is 17.9. The number of hydrogen-bond acceptors (Lipinski definition) is 4. The van der Waals surface area contributed by atoms with Gasteiger partial charge in [-0.15, -0.1) is 0 Å². The minimum Gasteiger partial charge on any atom is -0.390 e. The third kappa shape index (κ3) is 3.61. The molecule has 2 unspecified atom stereocenters. The van der Waals surface area contributed by atoms with Crippen molar-refractivity contribution in [2.24, 2.45) is 17.8 Å². The summed E-state index contributed by atoms with van der Waals surface area (Å²) < 4.78 is 7.74. The Labute approximate surface area is 168 Å². The molecular formula is C22H35N3O3. The normalized spacial score (nSPS) is 34.2. The number of aliphatic hydroxyl groups is 1. The average Bonchev–Trinajstić information content (AvgIpc) is 2.99. The van der Waals surface area contributed by atoms with E-state index in [0.29, 0.717) is 29.9 Å². The molecule has 156 valence electrons. The van der Waals surface area contributed by atoms with Crippen molar-refractivity contribution >= 4 is 5.91 Å². The summed E-state index contributed by atoms with van der Waals surface area (Å²) in [6, 6.07) is 0.168. The average molecular weight is 390 g/mol. The fourth-order valence-corrected chi connectivity index (χ4v) is 5.97. The number of hydrogen-bond donors (Lipinski definition) is 2. The largest absolute Gasteiger partial charge is 0.390 e. The number of ether oxygens (including phenoxy) is 1. The number of nitrogens with one attached hydrogen (secondary N) is 1. The summed E-state index contributed by atoms with van der Waals surface area (Å²) in [6.45, 7) is 10.6. The standard InChI is InChI=1S/C22H35N3O3/c1-13(2)28-12-18-17(11-23-25(18)21(3,4)5)20(26)24-19-15-6-14-7-16(19)10-22(27,8-14)9-15/h11,13-16,19,27H,6-10,12H2,1-5H3,(H,24,26). The maximum atomic E-state index is 13.2. The Morgan fingerprint density at radius 3 is 2.50 bits per heavy atom. The van der Waals surface area contributed by atoms with Gasteiger partial charge in [-0.3, -0.25) is 9.48 Å². The Kier molecular flexibility index (Phi) is 4.86. The third-order valence-electron chi connectivity index (χ3n) is 6.84. The lowest BCUT2D eigenvalue weighted by Gasteiger charge is -2.58. The van der Waals surface area contributed by atoms with E-state index in [2.05, 4.69) is 31.2 Å². The van der Waals surface area contributed by atoms with Crippen molar-refractivity contribution < 1.29 is 14.6 Å². The number of amides is 1. The monoisotopic (exact) mass is 389 g/mol. The Morgan fingerprint density at radius 1 is 1.32 bits per heavy atom. The van der Waals surface area contributed by atoms with Crippen LogP contribution in [0.3, 0.4) is 0 Å². The second-order valence-electron chi connectivity index (χ2n) is 10.6. The molecule has 0 aliphatic heterocycles. The maximum absolute atomic E-state index is 13.2. The van der Waals surface area contributed by atoms with Crippen molar-refractivity contribution in [3.05, 3.63) is 17.5 Å². The van der Waals surface area contributed by atoms with Crippen LogP contribution in [0.1, 0.15) is 82.8 Å². The first-order valence-electron chi connectivity index (χ1n) is 10.8. The Morgan fingerprint density at radius 2 is 1.96 bits per heavy atom. The molecule has 4 aliphatic carbocycles. The first-order valence-corrected chi connectivity index (χ1v) is 10.8. The van der Waals surface area contributed by atoms with Crippen molar-refractivity contribution in [1.29, 1.82) is 0 Å². The van der Waals surface area contributed by atoms with Crippen LogP contribution in [0.25, 0.3) is 0 Å². The molecule has 4 bridgehead atoms. The summed E-state index contributed by atoms with van der Waals surface area (Å²) in [7, 11) is 0. The van der Waals surface area contributed by atoms with Gasteiger partial charge < -0.3 is 15.2 Å². The van der Waals surface area contributed by atoms with E-state index in [1.807, 2.05) is 18.5 Å². The van der Waals surface area contributed by atoms with Crippen LogP contribution in [0.4, 0.5) is 0 Å². The molecule has 0 aromatic carbocycles. The molecule has 4 saturated carbocycles. The molecular weight excluding hydrogens is 354 g/mol. The van der Waals surface area contributed by atoms with Crippen LogP contribution in [-0.4, -0.2) is 38.5 Å². The van der Waals surface area contributed by atoms with Gasteiger partial charge in [0.1, 0.15) is 0 Å². The predicted octanol–water partition coefficient (Wildman–Crippen LogP) is 3.23. The van der Waals surface area contributed by atoms with E-state index >= 15 is 0 Å². The highest BCUT2D eigenvalue weighted by molar-refractivity contribution is 5.95. The van der Waals surface area contributed by atoms with E-state index < -0.39 is 5.60 Å². The number of rotatable bonds is 5. The minimum absolute atomic E-state index is 0.0534. The second-order valence-corrected chi connectivity index (χ2v) is 10.6. The molecule has 1 aromatic rings. The molecule has 1 amide bonds. The van der Waals surface area contributed by atoms with Crippen LogP contribution in [0.2, 0.25) is 0 Å². The van der Waals surface area contributed by atoms with Crippen LogP contribution < -0.4 is 5.32 Å². The van der Waals surface area contributed by atoms with Gasteiger partial charge in [-0.2, -0.15) is 5.10 Å². The van der Waals surface area contributed by atoms with E-state index in [1.165, 1.54) is 0 Å². The zero-order valence-corrected chi connectivity index (χ0v) is 17.9. The van der Waals surface area contributed by atoms with E-state index in [1.54, 1.807) is 6.20 Å². The SMILES string of the molecule is CC(C)OCc1c(C(=O)NC2C3CC4CC2CC(O)(C4)C3)cnn1C(C)(C)C. The van der Waals surface area contributed by atoms with Gasteiger partial charge in [-0.25, -0.2) is 0 Å². The Hall–Kier alpha value is -1.40. The van der Waals surface area contributed by atoms with Crippen LogP contribution in [-0.2, 0) is 16.9 Å². The molecule has 0 spiro atoms. The number of nitrogens with zero attached hydrogens (tertiary/aromatic N) is 2. The maximum Gasteiger partial charge on any atom is 0.255 e. The lowest BCUT2D eigenvalue weighted by molar-refractivity contribution is -0.136. The fraction of sp³-hybridized carbons (Fsp3) is 0.818. The Bertz CT molecular complexity index is 733. The molecule has 4 aliphatic rings. The van der Waals surface area contributed by atoms with Crippen LogP contribution in [0.5, 0.6) is 0 Å². The topological polar surface area (TPSA) is 76.4 Å². The molecule has 5 rings (SSSR count). The highest BCUT2D eigenvalue weighted by atomic mass is 16.5. The molecule has 2 N–H and O–H groups in total. The molecule has 4 fully saturated rings. The number of carbonyl (C=O) groups is 1. The molecule has 0 saturated heterocycles. The summed E-state index contributed by atoms with van der Waals surface area (Å²) in [5.41, 5.74) is 0.745. The van der Waals surface area contributed by atoms with Gasteiger partial charge >= 0.3 is 0 Å². The van der Waals surface area contributed by atoms with E-state index in [0.717, 1.165) is 37.8 Å². The van der Waals surface area contributed by atoms with Gasteiger partial charge in [-0.05, 0) is 84.5 Å². The number of carbonyl (C=O) groups excluding carboxylic acids is 1. The highest BCUT2D eigenvalue weighted by Gasteiger charge is 2.55. The van der Waals surface area contributed by atoms with Gasteiger partial charge in [0.05, 0.1) is 41.3 Å². The van der Waals surface area contributed by atoms with Crippen molar-refractivity contribution in [3.63, 3.8) is 0 Å². The van der Waals surface area contributed by atoms with Crippen molar-refractivity contribution in [1.82, 2.24) is 15.1 Å². The summed E-state index contributed by atoms with van der Waals surface area (Å²) in [4.78, 5) is 13.2. The summed E-state index contributed by atoms with van der Waals surface area (Å²) in [6.07, 6.45) is 6.65. The quantitative estimate of drug-likeness (QED) is 0.811. The first kappa shape index (κ1) is 19.9. The van der Waals surface area contributed by atoms with E-state index in [9.17, 15) is 9.90 Å². The Balaban J connectivity index is 1.54. The van der Waals surface area contributed by atoms with Gasteiger partial charge in [-0.1, -0.05) is 0 Å². The van der Waals surface area contributed by atoms with Gasteiger partial charge in [0, 0.05) is 6.04 Å². The third-order valence-corrected chi connectivity index (χ3v) is 6.84. The highest BCUT2D eigenvalue weighted by Crippen LogP contribution is 2.55. The zero-order chi connectivity index (χ0) is 20.3. The predicted molar refractivity (Wildman–Crippen MR) is 107 cm³/mol. The van der Waals surface area contributed by atoms with Crippen LogP contribution in [0, 0.1) is 17.8 Å². The van der Waals surface area contributed by atoms with E-state index in [-0.39, 0.29) is 23.6 Å². The second kappa shape index (κ2) is 6.84. The summed E-state index contributed by atoms with van der Waals surface area (Å²) in [5.74, 6) is 1.37. The molecule has 6 nitrogen and oxygen atoms in total. The van der Waals surface area contributed by atoms with Gasteiger partial charge in [0.2, 0.25) is 0 Å². The molecule has 28 heavy (non-hydrogen) atoms. The first-order chi connectivity index (χ1) is 13.1. The van der Waals surface area contributed by atoms with Crippen LogP contribution in [0.15, 0.2) is 6.20 Å². The van der Waals surface area contributed by atoms with Crippen molar-refractivity contribution in [2.75, 3.05) is 0 Å². The van der Waals surface area contributed by atoms with Gasteiger partial charge in [0.25, 0.3) is 5.91 Å². The molecule has 2 atom stereocenters. The number of aromatic nitrogens is 2. The van der Waals surface area contributed by atoms with Crippen molar-refractivity contribution in [3.8, 4) is 0 Å². The smallest absolute Gasteiger partial charge is 0.255 e. The van der Waals surface area contributed by atoms with Crippen molar-refractivity contribution in [2.45, 2.75) is 96.6 Å². The van der Waals surface area contributed by atoms with Crippen LogP contribution >= 0.6 is 0 Å².